The van der Waals surface area contributed by atoms with Crippen LogP contribution in [0.2, 0.25) is 5.02 Å². The maximum atomic E-state index is 9.99. The Balaban J connectivity index is 2.09. The van der Waals surface area contributed by atoms with E-state index in [1.165, 1.54) is 0 Å². The fraction of sp³-hybridized carbons (Fsp3) is 0.231. The molecule has 4 N–H and O–H groups in total. The van der Waals surface area contributed by atoms with Gasteiger partial charge in [-0.1, -0.05) is 11.6 Å². The second-order valence-electron chi connectivity index (χ2n) is 4.09. The Morgan fingerprint density at radius 2 is 2.22 bits per heavy atom. The van der Waals surface area contributed by atoms with Crippen LogP contribution in [-0.2, 0) is 0 Å². The summed E-state index contributed by atoms with van der Waals surface area (Å²) in [6.45, 7) is 2.31. The van der Waals surface area contributed by atoms with Crippen molar-refractivity contribution < 1.29 is 5.11 Å². The monoisotopic (exact) mass is 282 g/mol. The summed E-state index contributed by atoms with van der Waals surface area (Å²) in [4.78, 5) is 0. The van der Waals surface area contributed by atoms with Gasteiger partial charge in [0, 0.05) is 11.6 Å². The van der Waals surface area contributed by atoms with E-state index in [2.05, 4.69) is 5.32 Å². The third kappa shape index (κ3) is 2.77. The number of rotatable bonds is 4. The molecule has 0 aliphatic carbocycles. The summed E-state index contributed by atoms with van der Waals surface area (Å²) in [6, 6.07) is 5.44. The Bertz CT molecular complexity index is 528. The van der Waals surface area contributed by atoms with Gasteiger partial charge in [0.25, 0.3) is 0 Å². The van der Waals surface area contributed by atoms with Crippen LogP contribution >= 0.6 is 22.9 Å². The van der Waals surface area contributed by atoms with Crippen LogP contribution in [0.3, 0.4) is 0 Å². The summed E-state index contributed by atoms with van der Waals surface area (Å²) >= 11 is 7.61. The highest BCUT2D eigenvalue weighted by Gasteiger charge is 2.11. The third-order valence-electron chi connectivity index (χ3n) is 2.83. The molecule has 0 aliphatic rings. The minimum Gasteiger partial charge on any atom is -0.397 e. The molecule has 0 spiro atoms. The van der Waals surface area contributed by atoms with E-state index >= 15 is 0 Å². The zero-order chi connectivity index (χ0) is 13.1. The van der Waals surface area contributed by atoms with E-state index in [9.17, 15) is 5.11 Å². The number of nitrogens with two attached hydrogens (primary N) is 1. The zero-order valence-electron chi connectivity index (χ0n) is 9.98. The Labute approximate surface area is 115 Å². The van der Waals surface area contributed by atoms with Crippen LogP contribution in [0.15, 0.2) is 29.0 Å². The standard InChI is InChI=1S/C13H15ClN2OS/c1-8-10(14)2-3-11(15)13(8)16-6-12(17)9-4-5-18-7-9/h2-5,7,12,16-17H,6,15H2,1H3. The molecule has 1 aromatic heterocycles. The molecule has 1 aromatic carbocycles. The fourth-order valence-electron chi connectivity index (χ4n) is 1.72. The smallest absolute Gasteiger partial charge is 0.0970 e. The quantitative estimate of drug-likeness (QED) is 0.753. The first-order valence-corrected chi connectivity index (χ1v) is 6.90. The molecule has 0 bridgehead atoms. The lowest BCUT2D eigenvalue weighted by atomic mass is 10.1. The van der Waals surface area contributed by atoms with Gasteiger partial charge in [-0.2, -0.15) is 11.3 Å². The maximum absolute atomic E-state index is 9.99. The van der Waals surface area contributed by atoms with Gasteiger partial charge in [0.1, 0.15) is 0 Å². The number of thiophene rings is 1. The molecule has 0 aliphatic heterocycles. The number of aliphatic hydroxyl groups excluding tert-OH is 1. The van der Waals surface area contributed by atoms with Gasteiger partial charge in [0.2, 0.25) is 0 Å². The third-order valence-corrected chi connectivity index (χ3v) is 3.94. The van der Waals surface area contributed by atoms with Crippen molar-refractivity contribution in [2.45, 2.75) is 13.0 Å². The lowest BCUT2D eigenvalue weighted by molar-refractivity contribution is 0.192. The second-order valence-corrected chi connectivity index (χ2v) is 5.28. The first-order chi connectivity index (χ1) is 8.59. The van der Waals surface area contributed by atoms with Crippen LogP contribution < -0.4 is 11.1 Å². The predicted octanol–water partition coefficient (Wildman–Crippen LogP) is 3.44. The molecule has 1 atom stereocenters. The Kier molecular flexibility index (Phi) is 4.11. The molecular weight excluding hydrogens is 268 g/mol. The maximum Gasteiger partial charge on any atom is 0.0970 e. The molecule has 2 aromatic rings. The van der Waals surface area contributed by atoms with Crippen molar-refractivity contribution in [3.8, 4) is 0 Å². The number of anilines is 2. The number of nitrogens with one attached hydrogen (secondary N) is 1. The van der Waals surface area contributed by atoms with E-state index in [0.29, 0.717) is 17.3 Å². The first kappa shape index (κ1) is 13.2. The van der Waals surface area contributed by atoms with Gasteiger partial charge in [0.05, 0.1) is 17.5 Å². The summed E-state index contributed by atoms with van der Waals surface area (Å²) in [5.74, 6) is 0. The average molecular weight is 283 g/mol. The Morgan fingerprint density at radius 1 is 1.44 bits per heavy atom. The Hall–Kier alpha value is -1.23. The van der Waals surface area contributed by atoms with E-state index in [-0.39, 0.29) is 0 Å². The van der Waals surface area contributed by atoms with Gasteiger partial charge in [-0.3, -0.25) is 0 Å². The fourth-order valence-corrected chi connectivity index (χ4v) is 2.59. The minimum atomic E-state index is -0.547. The van der Waals surface area contributed by atoms with Gasteiger partial charge >= 0.3 is 0 Å². The van der Waals surface area contributed by atoms with Crippen molar-refractivity contribution in [3.05, 3.63) is 45.1 Å². The molecule has 0 radical (unpaired) electrons. The summed E-state index contributed by atoms with van der Waals surface area (Å²) in [5, 5.41) is 17.7. The van der Waals surface area contributed by atoms with Crippen LogP contribution in [0.25, 0.3) is 0 Å². The zero-order valence-corrected chi connectivity index (χ0v) is 11.6. The molecule has 5 heteroatoms. The highest BCUT2D eigenvalue weighted by molar-refractivity contribution is 7.07. The van der Waals surface area contributed by atoms with Gasteiger partial charge in [-0.15, -0.1) is 0 Å². The highest BCUT2D eigenvalue weighted by atomic mass is 35.5. The summed E-state index contributed by atoms with van der Waals surface area (Å²) in [7, 11) is 0. The van der Waals surface area contributed by atoms with Crippen LogP contribution in [0.4, 0.5) is 11.4 Å². The van der Waals surface area contributed by atoms with Gasteiger partial charge in [-0.25, -0.2) is 0 Å². The summed E-state index contributed by atoms with van der Waals surface area (Å²) in [5.41, 5.74) is 9.12. The van der Waals surface area contributed by atoms with Crippen molar-refractivity contribution in [1.82, 2.24) is 0 Å². The SMILES string of the molecule is Cc1c(Cl)ccc(N)c1NCC(O)c1ccsc1. The van der Waals surface area contributed by atoms with Gasteiger partial charge < -0.3 is 16.2 Å². The predicted molar refractivity (Wildman–Crippen MR) is 78.4 cm³/mol. The van der Waals surface area contributed by atoms with E-state index in [1.54, 1.807) is 23.5 Å². The average Bonchev–Trinajstić information content (AvgIpc) is 2.87. The van der Waals surface area contributed by atoms with Crippen molar-refractivity contribution in [2.75, 3.05) is 17.6 Å². The first-order valence-electron chi connectivity index (χ1n) is 5.58. The Morgan fingerprint density at radius 3 is 2.89 bits per heavy atom. The largest absolute Gasteiger partial charge is 0.397 e. The number of hydrogen-bond donors (Lipinski definition) is 3. The summed E-state index contributed by atoms with van der Waals surface area (Å²) < 4.78 is 0. The molecule has 1 heterocycles. The molecule has 96 valence electrons. The molecule has 0 saturated heterocycles. The minimum absolute atomic E-state index is 0.405. The van der Waals surface area contributed by atoms with Crippen LogP contribution in [-0.4, -0.2) is 11.7 Å². The molecule has 18 heavy (non-hydrogen) atoms. The number of benzene rings is 1. The molecule has 1 unspecified atom stereocenters. The second kappa shape index (κ2) is 5.61. The van der Waals surface area contributed by atoms with Crippen LogP contribution in [0, 0.1) is 6.92 Å². The lowest BCUT2D eigenvalue weighted by Crippen LogP contribution is -2.13. The molecule has 2 rings (SSSR count). The van der Waals surface area contributed by atoms with Gasteiger partial charge in [0.15, 0.2) is 0 Å². The normalized spacial score (nSPS) is 12.4. The highest BCUT2D eigenvalue weighted by Crippen LogP contribution is 2.30. The molecular formula is C13H15ClN2OS. The number of aliphatic hydroxyl groups is 1. The lowest BCUT2D eigenvalue weighted by Gasteiger charge is -2.16. The summed E-state index contributed by atoms with van der Waals surface area (Å²) in [6.07, 6.45) is -0.547. The number of hydrogen-bond acceptors (Lipinski definition) is 4. The van der Waals surface area contributed by atoms with E-state index in [4.69, 9.17) is 17.3 Å². The number of halogens is 1. The van der Waals surface area contributed by atoms with Crippen molar-refractivity contribution >= 4 is 34.3 Å². The molecule has 0 fully saturated rings. The van der Waals surface area contributed by atoms with Crippen molar-refractivity contribution in [1.29, 1.82) is 0 Å². The van der Waals surface area contributed by atoms with E-state index in [0.717, 1.165) is 16.8 Å². The molecule has 0 amide bonds. The van der Waals surface area contributed by atoms with Crippen LogP contribution in [0.1, 0.15) is 17.2 Å². The molecule has 0 saturated carbocycles. The van der Waals surface area contributed by atoms with Crippen molar-refractivity contribution in [2.24, 2.45) is 0 Å². The van der Waals surface area contributed by atoms with E-state index < -0.39 is 6.10 Å². The number of nitrogen functional groups attached to an aromatic ring is 1. The van der Waals surface area contributed by atoms with Gasteiger partial charge in [-0.05, 0) is 47.0 Å². The van der Waals surface area contributed by atoms with Crippen LogP contribution in [0.5, 0.6) is 0 Å². The molecule has 3 nitrogen and oxygen atoms in total. The van der Waals surface area contributed by atoms with Crippen molar-refractivity contribution in [3.63, 3.8) is 0 Å². The topological polar surface area (TPSA) is 58.3 Å². The van der Waals surface area contributed by atoms with E-state index in [1.807, 2.05) is 23.8 Å².